The number of aliphatic hydroxyl groups is 1. The molecular formula is C8H17NO3. The Bertz CT molecular complexity index is 146. The standard InChI is InChI=1S/C8H17NO3/c1-7(2,3)12-6(10)9-8(4,5)11/h11H,1-5H3,(H,9,10). The summed E-state index contributed by atoms with van der Waals surface area (Å²) in [7, 11) is 0. The second kappa shape index (κ2) is 3.31. The van der Waals surface area contributed by atoms with Crippen molar-refractivity contribution < 1.29 is 14.6 Å². The first-order valence-electron chi connectivity index (χ1n) is 3.84. The Labute approximate surface area is 72.9 Å². The van der Waals surface area contributed by atoms with Crippen molar-refractivity contribution in [2.45, 2.75) is 45.9 Å². The van der Waals surface area contributed by atoms with Crippen LogP contribution in [0.4, 0.5) is 4.79 Å². The van der Waals surface area contributed by atoms with Crippen LogP contribution in [0.3, 0.4) is 0 Å². The Morgan fingerprint density at radius 1 is 1.25 bits per heavy atom. The van der Waals surface area contributed by atoms with Gasteiger partial charge in [-0.3, -0.25) is 5.32 Å². The summed E-state index contributed by atoms with van der Waals surface area (Å²) in [5.74, 6) is 0. The molecule has 0 aliphatic heterocycles. The van der Waals surface area contributed by atoms with Crippen molar-refractivity contribution >= 4 is 6.09 Å². The van der Waals surface area contributed by atoms with Gasteiger partial charge in [0, 0.05) is 0 Å². The fourth-order valence-corrected chi connectivity index (χ4v) is 0.553. The molecule has 0 aliphatic carbocycles. The van der Waals surface area contributed by atoms with Gasteiger partial charge in [0.2, 0.25) is 0 Å². The quantitative estimate of drug-likeness (QED) is 0.589. The number of hydrogen-bond donors (Lipinski definition) is 2. The summed E-state index contributed by atoms with van der Waals surface area (Å²) in [6.45, 7) is 8.22. The van der Waals surface area contributed by atoms with E-state index < -0.39 is 17.4 Å². The molecule has 12 heavy (non-hydrogen) atoms. The van der Waals surface area contributed by atoms with E-state index in [4.69, 9.17) is 4.74 Å². The zero-order valence-corrected chi connectivity index (χ0v) is 8.26. The Morgan fingerprint density at radius 3 is 1.92 bits per heavy atom. The van der Waals surface area contributed by atoms with E-state index in [0.29, 0.717) is 0 Å². The summed E-state index contributed by atoms with van der Waals surface area (Å²) in [4.78, 5) is 11.0. The summed E-state index contributed by atoms with van der Waals surface area (Å²) in [6.07, 6.45) is -0.616. The molecular weight excluding hydrogens is 158 g/mol. The highest BCUT2D eigenvalue weighted by atomic mass is 16.6. The van der Waals surface area contributed by atoms with Crippen LogP contribution in [-0.2, 0) is 4.74 Å². The first kappa shape index (κ1) is 11.2. The minimum Gasteiger partial charge on any atom is -0.444 e. The maximum Gasteiger partial charge on any atom is 0.409 e. The number of rotatable bonds is 1. The third-order valence-electron chi connectivity index (χ3n) is 0.807. The lowest BCUT2D eigenvalue weighted by Crippen LogP contribution is -2.45. The Balaban J connectivity index is 3.92. The molecule has 0 fully saturated rings. The molecule has 0 saturated heterocycles. The number of nitrogens with one attached hydrogen (secondary N) is 1. The van der Waals surface area contributed by atoms with E-state index in [2.05, 4.69) is 5.32 Å². The van der Waals surface area contributed by atoms with Gasteiger partial charge in [-0.05, 0) is 34.6 Å². The summed E-state index contributed by atoms with van der Waals surface area (Å²) in [5, 5.41) is 11.4. The molecule has 72 valence electrons. The molecule has 0 heterocycles. The maximum absolute atomic E-state index is 11.0. The molecule has 0 aliphatic rings. The third kappa shape index (κ3) is 7.34. The van der Waals surface area contributed by atoms with E-state index in [1.807, 2.05) is 0 Å². The number of alkyl carbamates (subject to hydrolysis) is 1. The van der Waals surface area contributed by atoms with Crippen molar-refractivity contribution in [1.82, 2.24) is 5.32 Å². The molecule has 0 radical (unpaired) electrons. The first-order chi connectivity index (χ1) is 5.10. The predicted octanol–water partition coefficient (Wildman–Crippen LogP) is 1.24. The molecule has 0 aromatic heterocycles. The van der Waals surface area contributed by atoms with Crippen LogP contribution in [0.25, 0.3) is 0 Å². The van der Waals surface area contributed by atoms with Gasteiger partial charge in [-0.25, -0.2) is 4.79 Å². The van der Waals surface area contributed by atoms with Gasteiger partial charge in [0.25, 0.3) is 0 Å². The van der Waals surface area contributed by atoms with E-state index in [-0.39, 0.29) is 0 Å². The van der Waals surface area contributed by atoms with Crippen molar-refractivity contribution in [3.63, 3.8) is 0 Å². The van der Waals surface area contributed by atoms with Gasteiger partial charge in [-0.2, -0.15) is 0 Å². The fourth-order valence-electron chi connectivity index (χ4n) is 0.553. The average molecular weight is 175 g/mol. The van der Waals surface area contributed by atoms with Crippen molar-refractivity contribution in [1.29, 1.82) is 0 Å². The molecule has 0 atom stereocenters. The maximum atomic E-state index is 11.0. The number of amides is 1. The number of carbonyl (C=O) groups excluding carboxylic acids is 1. The predicted molar refractivity (Wildman–Crippen MR) is 45.7 cm³/mol. The highest BCUT2D eigenvalue weighted by Crippen LogP contribution is 2.07. The lowest BCUT2D eigenvalue weighted by atomic mass is 10.2. The first-order valence-corrected chi connectivity index (χ1v) is 3.84. The van der Waals surface area contributed by atoms with Gasteiger partial charge in [0.15, 0.2) is 0 Å². The minimum atomic E-state index is -1.23. The lowest BCUT2D eigenvalue weighted by molar-refractivity contribution is 0.00775. The topological polar surface area (TPSA) is 58.6 Å². The average Bonchev–Trinajstić information content (AvgIpc) is 1.49. The molecule has 0 unspecified atom stereocenters. The number of ether oxygens (including phenoxy) is 1. The molecule has 0 aromatic carbocycles. The molecule has 0 aromatic rings. The van der Waals surface area contributed by atoms with Gasteiger partial charge in [-0.15, -0.1) is 0 Å². The van der Waals surface area contributed by atoms with Crippen LogP contribution in [0.1, 0.15) is 34.6 Å². The molecule has 0 rings (SSSR count). The molecule has 0 spiro atoms. The van der Waals surface area contributed by atoms with Crippen LogP contribution in [0, 0.1) is 0 Å². The normalized spacial score (nSPS) is 12.5. The largest absolute Gasteiger partial charge is 0.444 e. The van der Waals surface area contributed by atoms with Gasteiger partial charge in [0.1, 0.15) is 11.3 Å². The van der Waals surface area contributed by atoms with Crippen molar-refractivity contribution in [2.75, 3.05) is 0 Å². The van der Waals surface area contributed by atoms with E-state index in [1.165, 1.54) is 13.8 Å². The van der Waals surface area contributed by atoms with Crippen LogP contribution in [0.15, 0.2) is 0 Å². The van der Waals surface area contributed by atoms with Crippen LogP contribution >= 0.6 is 0 Å². The number of carbonyl (C=O) groups is 1. The van der Waals surface area contributed by atoms with Gasteiger partial charge >= 0.3 is 6.09 Å². The summed E-state index contributed by atoms with van der Waals surface area (Å²) >= 11 is 0. The van der Waals surface area contributed by atoms with E-state index in [1.54, 1.807) is 20.8 Å². The molecule has 2 N–H and O–H groups in total. The Hall–Kier alpha value is -0.770. The van der Waals surface area contributed by atoms with Gasteiger partial charge < -0.3 is 9.84 Å². The van der Waals surface area contributed by atoms with Crippen LogP contribution < -0.4 is 5.32 Å². The lowest BCUT2D eigenvalue weighted by Gasteiger charge is -2.24. The molecule has 0 saturated carbocycles. The fraction of sp³-hybridized carbons (Fsp3) is 0.875. The third-order valence-corrected chi connectivity index (χ3v) is 0.807. The van der Waals surface area contributed by atoms with Crippen LogP contribution in [0.5, 0.6) is 0 Å². The van der Waals surface area contributed by atoms with E-state index >= 15 is 0 Å². The van der Waals surface area contributed by atoms with Crippen molar-refractivity contribution in [2.24, 2.45) is 0 Å². The zero-order chi connectivity index (χ0) is 9.99. The minimum absolute atomic E-state index is 0.532. The summed E-state index contributed by atoms with van der Waals surface area (Å²) in [5.41, 5.74) is -1.77. The monoisotopic (exact) mass is 175 g/mol. The van der Waals surface area contributed by atoms with Gasteiger partial charge in [-0.1, -0.05) is 0 Å². The van der Waals surface area contributed by atoms with E-state index in [0.717, 1.165) is 0 Å². The smallest absolute Gasteiger partial charge is 0.409 e. The number of hydrogen-bond acceptors (Lipinski definition) is 3. The Morgan fingerprint density at radius 2 is 1.67 bits per heavy atom. The highest BCUT2D eigenvalue weighted by molar-refractivity contribution is 5.68. The van der Waals surface area contributed by atoms with Gasteiger partial charge in [0.05, 0.1) is 0 Å². The van der Waals surface area contributed by atoms with E-state index in [9.17, 15) is 9.90 Å². The molecule has 4 nitrogen and oxygen atoms in total. The second-order valence-corrected chi connectivity index (χ2v) is 4.19. The SMILES string of the molecule is CC(C)(O)NC(=O)OC(C)(C)C. The highest BCUT2D eigenvalue weighted by Gasteiger charge is 2.21. The van der Waals surface area contributed by atoms with Crippen LogP contribution in [-0.4, -0.2) is 22.5 Å². The second-order valence-electron chi connectivity index (χ2n) is 4.19. The zero-order valence-electron chi connectivity index (χ0n) is 8.26. The molecule has 1 amide bonds. The van der Waals surface area contributed by atoms with Crippen molar-refractivity contribution in [3.05, 3.63) is 0 Å². The Kier molecular flexibility index (Phi) is 3.10. The van der Waals surface area contributed by atoms with Crippen molar-refractivity contribution in [3.8, 4) is 0 Å². The summed E-state index contributed by atoms with van der Waals surface area (Å²) in [6, 6.07) is 0. The molecule has 0 bridgehead atoms. The summed E-state index contributed by atoms with van der Waals surface area (Å²) < 4.78 is 4.90. The molecule has 4 heteroatoms. The van der Waals surface area contributed by atoms with Crippen LogP contribution in [0.2, 0.25) is 0 Å².